The Hall–Kier alpha value is -1.90. The number of carbonyl (C=O) groups excluding carboxylic acids is 1. The standard InChI is InChI=1S/C18H22ClN3O4S/c1-27(24,25)16-6-4-13(11-15(16)19)22-9-8-20-17(12-22)21-18(23)7-5-14-3-2-10-26-14/h4,6,8-9,11,14H,2-3,5,7,10,12H2,1H3,(H,20,21,23)/t14-/m1/s1. The molecular weight excluding hydrogens is 390 g/mol. The second kappa shape index (κ2) is 8.41. The van der Waals surface area contributed by atoms with Crippen molar-refractivity contribution in [1.29, 1.82) is 0 Å². The Morgan fingerprint density at radius 3 is 2.93 bits per heavy atom. The zero-order valence-electron chi connectivity index (χ0n) is 15.0. The summed E-state index contributed by atoms with van der Waals surface area (Å²) in [6.07, 6.45) is 7.78. The summed E-state index contributed by atoms with van der Waals surface area (Å²) < 4.78 is 28.9. The normalized spacial score (nSPS) is 19.9. The van der Waals surface area contributed by atoms with Crippen LogP contribution in [0.25, 0.3) is 0 Å². The fourth-order valence-corrected chi connectivity index (χ4v) is 4.39. The molecule has 0 aliphatic carbocycles. The molecule has 2 aliphatic rings. The first kappa shape index (κ1) is 19.9. The van der Waals surface area contributed by atoms with E-state index in [2.05, 4.69) is 10.3 Å². The number of amidine groups is 1. The summed E-state index contributed by atoms with van der Waals surface area (Å²) >= 11 is 6.12. The van der Waals surface area contributed by atoms with E-state index in [1.807, 2.05) is 4.90 Å². The maximum atomic E-state index is 12.1. The molecule has 7 nitrogen and oxygen atoms in total. The van der Waals surface area contributed by atoms with Crippen molar-refractivity contribution in [1.82, 2.24) is 5.32 Å². The summed E-state index contributed by atoms with van der Waals surface area (Å²) in [5.74, 6) is 0.433. The van der Waals surface area contributed by atoms with Gasteiger partial charge in [0.05, 0.1) is 22.6 Å². The molecule has 1 aromatic rings. The van der Waals surface area contributed by atoms with Crippen molar-refractivity contribution in [3.63, 3.8) is 0 Å². The third-order valence-electron chi connectivity index (χ3n) is 4.44. The Morgan fingerprint density at radius 1 is 1.44 bits per heavy atom. The van der Waals surface area contributed by atoms with Crippen LogP contribution >= 0.6 is 11.6 Å². The molecule has 2 aliphatic heterocycles. The SMILES string of the molecule is CS(=O)(=O)c1ccc(N2C=CN=C(NC(=O)CC[C@H]3CCCO3)C2)cc1Cl. The van der Waals surface area contributed by atoms with E-state index in [-0.39, 0.29) is 21.9 Å². The van der Waals surface area contributed by atoms with E-state index in [9.17, 15) is 13.2 Å². The highest BCUT2D eigenvalue weighted by Gasteiger charge is 2.19. The van der Waals surface area contributed by atoms with Crippen LogP contribution in [0.5, 0.6) is 0 Å². The van der Waals surface area contributed by atoms with E-state index in [1.165, 1.54) is 6.07 Å². The molecule has 0 spiro atoms. The minimum atomic E-state index is -3.38. The van der Waals surface area contributed by atoms with Gasteiger partial charge in [-0.15, -0.1) is 0 Å². The van der Waals surface area contributed by atoms with Gasteiger partial charge in [0, 0.05) is 37.4 Å². The highest BCUT2D eigenvalue weighted by molar-refractivity contribution is 7.90. The Bertz CT molecular complexity index is 877. The quantitative estimate of drug-likeness (QED) is 0.804. The van der Waals surface area contributed by atoms with E-state index in [1.54, 1.807) is 24.5 Å². The summed E-state index contributed by atoms with van der Waals surface area (Å²) in [5.41, 5.74) is 0.713. The van der Waals surface area contributed by atoms with E-state index in [0.717, 1.165) is 25.7 Å². The highest BCUT2D eigenvalue weighted by Crippen LogP contribution is 2.27. The number of sulfone groups is 1. The summed E-state index contributed by atoms with van der Waals surface area (Å²) in [7, 11) is -3.38. The van der Waals surface area contributed by atoms with E-state index >= 15 is 0 Å². The molecule has 27 heavy (non-hydrogen) atoms. The molecule has 0 bridgehead atoms. The lowest BCUT2D eigenvalue weighted by atomic mass is 10.1. The van der Waals surface area contributed by atoms with Gasteiger partial charge in [0.25, 0.3) is 0 Å². The van der Waals surface area contributed by atoms with Crippen LogP contribution < -0.4 is 10.2 Å². The predicted octanol–water partition coefficient (Wildman–Crippen LogP) is 2.51. The molecule has 0 radical (unpaired) electrons. The average Bonchev–Trinajstić information content (AvgIpc) is 3.12. The fourth-order valence-electron chi connectivity index (χ4n) is 3.06. The number of nitrogens with one attached hydrogen (secondary N) is 1. The Kier molecular flexibility index (Phi) is 6.18. The van der Waals surface area contributed by atoms with Gasteiger partial charge in [0.1, 0.15) is 5.84 Å². The van der Waals surface area contributed by atoms with Crippen LogP contribution in [0.15, 0.2) is 40.5 Å². The fraction of sp³-hybridized carbons (Fsp3) is 0.444. The Morgan fingerprint density at radius 2 is 2.26 bits per heavy atom. The molecule has 0 unspecified atom stereocenters. The van der Waals surface area contributed by atoms with Gasteiger partial charge in [-0.3, -0.25) is 4.79 Å². The van der Waals surface area contributed by atoms with Crippen LogP contribution in [0.2, 0.25) is 5.02 Å². The lowest BCUT2D eigenvalue weighted by Gasteiger charge is -2.24. The van der Waals surface area contributed by atoms with Crippen LogP contribution in [0.3, 0.4) is 0 Å². The van der Waals surface area contributed by atoms with Crippen molar-refractivity contribution in [2.45, 2.75) is 36.7 Å². The molecule has 146 valence electrons. The van der Waals surface area contributed by atoms with Crippen LogP contribution in [0.4, 0.5) is 5.69 Å². The molecule has 3 rings (SSSR count). The zero-order valence-corrected chi connectivity index (χ0v) is 16.6. The maximum absolute atomic E-state index is 12.1. The number of ether oxygens (including phenoxy) is 1. The highest BCUT2D eigenvalue weighted by atomic mass is 35.5. The summed E-state index contributed by atoms with van der Waals surface area (Å²) in [6.45, 7) is 1.14. The lowest BCUT2D eigenvalue weighted by molar-refractivity contribution is -0.120. The van der Waals surface area contributed by atoms with Crippen molar-refractivity contribution in [3.8, 4) is 0 Å². The van der Waals surface area contributed by atoms with Gasteiger partial charge in [0.2, 0.25) is 5.91 Å². The molecule has 0 aromatic heterocycles. The van der Waals surface area contributed by atoms with E-state index in [0.29, 0.717) is 30.9 Å². The number of anilines is 1. The molecule has 9 heteroatoms. The number of carbonyl (C=O) groups is 1. The maximum Gasteiger partial charge on any atom is 0.225 e. The molecule has 2 heterocycles. The molecule has 1 aromatic carbocycles. The number of rotatable bonds is 5. The Balaban J connectivity index is 1.59. The number of nitrogens with zero attached hydrogens (tertiary/aromatic N) is 2. The first-order valence-electron chi connectivity index (χ1n) is 8.74. The second-order valence-corrected chi connectivity index (χ2v) is 9.00. The first-order valence-corrected chi connectivity index (χ1v) is 11.0. The largest absolute Gasteiger partial charge is 0.378 e. The average molecular weight is 412 g/mol. The van der Waals surface area contributed by atoms with Gasteiger partial charge in [-0.1, -0.05) is 11.6 Å². The molecular formula is C18H22ClN3O4S. The van der Waals surface area contributed by atoms with Gasteiger partial charge in [0.15, 0.2) is 9.84 Å². The number of benzene rings is 1. The summed E-state index contributed by atoms with van der Waals surface area (Å²) in [6, 6.07) is 4.74. The predicted molar refractivity (Wildman–Crippen MR) is 105 cm³/mol. The lowest BCUT2D eigenvalue weighted by Crippen LogP contribution is -2.40. The topological polar surface area (TPSA) is 88.1 Å². The van der Waals surface area contributed by atoms with Crippen molar-refractivity contribution >= 4 is 38.9 Å². The molecule has 1 N–H and O–H groups in total. The molecule has 1 saturated heterocycles. The smallest absolute Gasteiger partial charge is 0.225 e. The van der Waals surface area contributed by atoms with Gasteiger partial charge >= 0.3 is 0 Å². The molecule has 1 atom stereocenters. The van der Waals surface area contributed by atoms with Crippen LogP contribution in [-0.4, -0.2) is 45.7 Å². The second-order valence-electron chi connectivity index (χ2n) is 6.61. The van der Waals surface area contributed by atoms with Crippen molar-refractivity contribution < 1.29 is 17.9 Å². The first-order chi connectivity index (χ1) is 12.8. The number of amides is 1. The number of hydrogen-bond acceptors (Lipinski definition) is 6. The minimum absolute atomic E-state index is 0.0882. The molecule has 1 fully saturated rings. The van der Waals surface area contributed by atoms with E-state index < -0.39 is 9.84 Å². The number of hydrogen-bond donors (Lipinski definition) is 1. The minimum Gasteiger partial charge on any atom is -0.378 e. The van der Waals surface area contributed by atoms with Crippen LogP contribution in [-0.2, 0) is 19.4 Å². The van der Waals surface area contributed by atoms with Gasteiger partial charge < -0.3 is 15.0 Å². The molecule has 1 amide bonds. The Labute approximate surface area is 164 Å². The monoisotopic (exact) mass is 411 g/mol. The number of aliphatic imine (C=N–C) groups is 1. The zero-order chi connectivity index (χ0) is 19.4. The van der Waals surface area contributed by atoms with Gasteiger partial charge in [-0.05, 0) is 37.5 Å². The van der Waals surface area contributed by atoms with Crippen LogP contribution in [0, 0.1) is 0 Å². The molecule has 0 saturated carbocycles. The van der Waals surface area contributed by atoms with Crippen molar-refractivity contribution in [2.24, 2.45) is 4.99 Å². The van der Waals surface area contributed by atoms with Gasteiger partial charge in [-0.25, -0.2) is 13.4 Å². The van der Waals surface area contributed by atoms with E-state index in [4.69, 9.17) is 16.3 Å². The van der Waals surface area contributed by atoms with Crippen molar-refractivity contribution in [3.05, 3.63) is 35.6 Å². The third kappa shape index (κ3) is 5.31. The van der Waals surface area contributed by atoms with Crippen molar-refractivity contribution in [2.75, 3.05) is 24.3 Å². The van der Waals surface area contributed by atoms with Gasteiger partial charge in [-0.2, -0.15) is 0 Å². The third-order valence-corrected chi connectivity index (χ3v) is 6.02. The summed E-state index contributed by atoms with van der Waals surface area (Å²) in [4.78, 5) is 18.3. The van der Waals surface area contributed by atoms with Crippen LogP contribution in [0.1, 0.15) is 25.7 Å². The number of halogens is 1. The summed E-state index contributed by atoms with van der Waals surface area (Å²) in [5, 5.41) is 2.99.